The van der Waals surface area contributed by atoms with Gasteiger partial charge < -0.3 is 9.64 Å². The Labute approximate surface area is 173 Å². The van der Waals surface area contributed by atoms with Gasteiger partial charge in [-0.3, -0.25) is 9.69 Å². The molecule has 4 nitrogen and oxygen atoms in total. The van der Waals surface area contributed by atoms with Gasteiger partial charge in [-0.05, 0) is 41.8 Å². The van der Waals surface area contributed by atoms with Gasteiger partial charge in [-0.2, -0.15) is 13.2 Å². The number of hydrogen-bond acceptors (Lipinski definition) is 3. The predicted molar refractivity (Wildman–Crippen MR) is 105 cm³/mol. The van der Waals surface area contributed by atoms with Gasteiger partial charge in [0.05, 0.1) is 19.1 Å². The van der Waals surface area contributed by atoms with E-state index in [-0.39, 0.29) is 18.1 Å². The molecule has 2 aromatic rings. The lowest BCUT2D eigenvalue weighted by atomic mass is 10.1. The van der Waals surface area contributed by atoms with E-state index in [4.69, 9.17) is 4.74 Å². The fourth-order valence-electron chi connectivity index (χ4n) is 3.54. The molecule has 1 fully saturated rings. The van der Waals surface area contributed by atoms with Gasteiger partial charge in [0.25, 0.3) is 0 Å². The monoisotopic (exact) mass is 424 g/mol. The SMILES string of the molecule is COc1ccc(CC(=O)N2CCCN(Cc3ccc(C(F)(F)F)cc3)CC2)cc1F. The molecule has 0 radical (unpaired) electrons. The van der Waals surface area contributed by atoms with E-state index in [2.05, 4.69) is 4.90 Å². The van der Waals surface area contributed by atoms with Crippen molar-refractivity contribution in [3.63, 3.8) is 0 Å². The highest BCUT2D eigenvalue weighted by molar-refractivity contribution is 5.78. The van der Waals surface area contributed by atoms with Crippen LogP contribution in [0, 0.1) is 5.82 Å². The maximum absolute atomic E-state index is 13.8. The largest absolute Gasteiger partial charge is 0.494 e. The number of alkyl halides is 3. The van der Waals surface area contributed by atoms with Crippen molar-refractivity contribution in [2.24, 2.45) is 0 Å². The highest BCUT2D eigenvalue weighted by Crippen LogP contribution is 2.29. The lowest BCUT2D eigenvalue weighted by Crippen LogP contribution is -2.36. The molecule has 0 aromatic heterocycles. The van der Waals surface area contributed by atoms with E-state index in [0.29, 0.717) is 31.7 Å². The summed E-state index contributed by atoms with van der Waals surface area (Å²) in [5.41, 5.74) is 0.731. The second-order valence-corrected chi connectivity index (χ2v) is 7.35. The molecule has 0 N–H and O–H groups in total. The van der Waals surface area contributed by atoms with Crippen LogP contribution in [0.2, 0.25) is 0 Å². The van der Waals surface area contributed by atoms with Crippen molar-refractivity contribution in [3.05, 3.63) is 65.0 Å². The first kappa shape index (κ1) is 22.1. The standard InChI is InChI=1S/C22H24F4N2O2/c1-30-20-8-5-17(13-19(20)23)14-21(29)28-10-2-9-27(11-12-28)15-16-3-6-18(7-4-16)22(24,25)26/h3-8,13H,2,9-12,14-15H2,1H3. The van der Waals surface area contributed by atoms with Gasteiger partial charge in [-0.1, -0.05) is 18.2 Å². The minimum atomic E-state index is -4.34. The molecular weight excluding hydrogens is 400 g/mol. The minimum absolute atomic E-state index is 0.0732. The molecular formula is C22H24F4N2O2. The van der Waals surface area contributed by atoms with Crippen LogP contribution in [0.25, 0.3) is 0 Å². The molecule has 3 rings (SSSR count). The molecule has 1 aliphatic heterocycles. The highest BCUT2D eigenvalue weighted by Gasteiger charge is 2.30. The number of ether oxygens (including phenoxy) is 1. The van der Waals surface area contributed by atoms with Crippen LogP contribution in [0.5, 0.6) is 5.75 Å². The van der Waals surface area contributed by atoms with Crippen LogP contribution in [0.3, 0.4) is 0 Å². The van der Waals surface area contributed by atoms with E-state index in [1.54, 1.807) is 11.0 Å². The number of carbonyl (C=O) groups excluding carboxylic acids is 1. The molecule has 8 heteroatoms. The molecule has 2 aromatic carbocycles. The number of methoxy groups -OCH3 is 1. The molecule has 0 spiro atoms. The van der Waals surface area contributed by atoms with Crippen LogP contribution in [-0.2, 0) is 23.9 Å². The molecule has 0 aliphatic carbocycles. The Hall–Kier alpha value is -2.61. The third-order valence-electron chi connectivity index (χ3n) is 5.20. The lowest BCUT2D eigenvalue weighted by molar-refractivity contribution is -0.137. The maximum atomic E-state index is 13.8. The topological polar surface area (TPSA) is 32.8 Å². The van der Waals surface area contributed by atoms with Gasteiger partial charge in [0.1, 0.15) is 0 Å². The smallest absolute Gasteiger partial charge is 0.416 e. The van der Waals surface area contributed by atoms with Gasteiger partial charge in [-0.25, -0.2) is 4.39 Å². The van der Waals surface area contributed by atoms with Gasteiger partial charge in [0.15, 0.2) is 11.6 Å². The Morgan fingerprint density at radius 3 is 2.33 bits per heavy atom. The Morgan fingerprint density at radius 1 is 1.00 bits per heavy atom. The van der Waals surface area contributed by atoms with Crippen LogP contribution in [0.15, 0.2) is 42.5 Å². The molecule has 0 unspecified atom stereocenters. The fourth-order valence-corrected chi connectivity index (χ4v) is 3.54. The molecule has 162 valence electrons. The zero-order chi connectivity index (χ0) is 21.7. The number of halogens is 4. The summed E-state index contributed by atoms with van der Waals surface area (Å²) in [5, 5.41) is 0. The summed E-state index contributed by atoms with van der Waals surface area (Å²) in [6, 6.07) is 9.67. The van der Waals surface area contributed by atoms with Crippen molar-refractivity contribution in [2.75, 3.05) is 33.3 Å². The summed E-state index contributed by atoms with van der Waals surface area (Å²) in [5.74, 6) is -0.433. The Kier molecular flexibility index (Phi) is 6.97. The van der Waals surface area contributed by atoms with E-state index in [9.17, 15) is 22.4 Å². The normalized spacial score (nSPS) is 15.7. The number of amides is 1. The first-order valence-electron chi connectivity index (χ1n) is 9.75. The van der Waals surface area contributed by atoms with Crippen molar-refractivity contribution < 1.29 is 27.1 Å². The van der Waals surface area contributed by atoms with Gasteiger partial charge in [0.2, 0.25) is 5.91 Å². The maximum Gasteiger partial charge on any atom is 0.416 e. The first-order valence-corrected chi connectivity index (χ1v) is 9.75. The first-order chi connectivity index (χ1) is 14.3. The molecule has 0 saturated carbocycles. The van der Waals surface area contributed by atoms with Crippen molar-refractivity contribution in [1.29, 1.82) is 0 Å². The number of benzene rings is 2. The average molecular weight is 424 g/mol. The highest BCUT2D eigenvalue weighted by atomic mass is 19.4. The van der Waals surface area contributed by atoms with Crippen LogP contribution in [0.1, 0.15) is 23.1 Å². The second kappa shape index (κ2) is 9.47. The molecule has 0 bridgehead atoms. The summed E-state index contributed by atoms with van der Waals surface area (Å²) >= 11 is 0. The van der Waals surface area contributed by atoms with Gasteiger partial charge >= 0.3 is 6.18 Å². The van der Waals surface area contributed by atoms with E-state index >= 15 is 0 Å². The van der Waals surface area contributed by atoms with Crippen molar-refractivity contribution >= 4 is 5.91 Å². The van der Waals surface area contributed by atoms with E-state index in [0.717, 1.165) is 30.7 Å². The van der Waals surface area contributed by atoms with E-state index in [1.807, 2.05) is 0 Å². The minimum Gasteiger partial charge on any atom is -0.494 e. The van der Waals surface area contributed by atoms with Gasteiger partial charge in [-0.15, -0.1) is 0 Å². The van der Waals surface area contributed by atoms with E-state index in [1.165, 1.54) is 31.4 Å². The van der Waals surface area contributed by atoms with Crippen molar-refractivity contribution in [1.82, 2.24) is 9.80 Å². The van der Waals surface area contributed by atoms with Crippen LogP contribution in [-0.4, -0.2) is 49.0 Å². The second-order valence-electron chi connectivity index (χ2n) is 7.35. The molecule has 0 atom stereocenters. The summed E-state index contributed by atoms with van der Waals surface area (Å²) in [4.78, 5) is 16.5. The Balaban J connectivity index is 1.54. The molecule has 1 heterocycles. The third-order valence-corrected chi connectivity index (χ3v) is 5.20. The third kappa shape index (κ3) is 5.72. The van der Waals surface area contributed by atoms with Crippen molar-refractivity contribution in [3.8, 4) is 5.75 Å². The lowest BCUT2D eigenvalue weighted by Gasteiger charge is -2.22. The number of nitrogens with zero attached hydrogens (tertiary/aromatic N) is 2. The Morgan fingerprint density at radius 2 is 1.70 bits per heavy atom. The molecule has 1 saturated heterocycles. The van der Waals surface area contributed by atoms with Crippen LogP contribution in [0.4, 0.5) is 17.6 Å². The molecule has 1 amide bonds. The molecule has 1 aliphatic rings. The predicted octanol–water partition coefficient (Wildman–Crippen LogP) is 4.13. The van der Waals surface area contributed by atoms with Crippen LogP contribution < -0.4 is 4.74 Å². The number of carbonyl (C=O) groups is 1. The quantitative estimate of drug-likeness (QED) is 0.677. The van der Waals surface area contributed by atoms with Crippen molar-refractivity contribution in [2.45, 2.75) is 25.6 Å². The Bertz CT molecular complexity index is 868. The zero-order valence-corrected chi connectivity index (χ0v) is 16.7. The van der Waals surface area contributed by atoms with Crippen LogP contribution >= 0.6 is 0 Å². The number of hydrogen-bond donors (Lipinski definition) is 0. The average Bonchev–Trinajstić information content (AvgIpc) is 2.93. The number of rotatable bonds is 5. The zero-order valence-electron chi connectivity index (χ0n) is 16.7. The molecule has 30 heavy (non-hydrogen) atoms. The summed E-state index contributed by atoms with van der Waals surface area (Å²) in [6.45, 7) is 3.04. The summed E-state index contributed by atoms with van der Waals surface area (Å²) in [7, 11) is 1.39. The fraction of sp³-hybridized carbons (Fsp3) is 0.409. The summed E-state index contributed by atoms with van der Waals surface area (Å²) < 4.78 is 56.8. The summed E-state index contributed by atoms with van der Waals surface area (Å²) in [6.07, 6.45) is -3.46. The van der Waals surface area contributed by atoms with E-state index < -0.39 is 17.6 Å². The van der Waals surface area contributed by atoms with Gasteiger partial charge in [0, 0.05) is 32.7 Å².